The second kappa shape index (κ2) is 3.58. The average Bonchev–Trinajstić information content (AvgIpc) is 2.71. The van der Waals surface area contributed by atoms with Gasteiger partial charge in [0.15, 0.2) is 0 Å². The summed E-state index contributed by atoms with van der Waals surface area (Å²) in [5.41, 5.74) is 0. The minimum absolute atomic E-state index is 0.530. The molecule has 0 spiro atoms. The van der Waals surface area contributed by atoms with E-state index in [1.54, 1.807) is 0 Å². The van der Waals surface area contributed by atoms with Crippen LogP contribution >= 0.6 is 0 Å². The third-order valence-electron chi connectivity index (χ3n) is 3.16. The van der Waals surface area contributed by atoms with Crippen molar-refractivity contribution in [3.05, 3.63) is 12.4 Å². The summed E-state index contributed by atoms with van der Waals surface area (Å²) in [6, 6.07) is 0.707. The monoisotopic (exact) mass is 181 g/mol. The summed E-state index contributed by atoms with van der Waals surface area (Å²) in [6.07, 6.45) is 7.56. The van der Waals surface area contributed by atoms with Crippen LogP contribution in [0.5, 0.6) is 0 Å². The molecule has 1 N–H and O–H groups in total. The summed E-state index contributed by atoms with van der Waals surface area (Å²) in [5.74, 6) is 0. The zero-order chi connectivity index (χ0) is 9.26. The van der Waals surface area contributed by atoms with E-state index in [2.05, 4.69) is 41.5 Å². The van der Waals surface area contributed by atoms with Crippen LogP contribution in [-0.4, -0.2) is 42.1 Å². The molecular weight excluding hydrogens is 162 g/mol. The lowest BCUT2D eigenvalue weighted by atomic mass is 10.2. The molecule has 0 bridgehead atoms. The summed E-state index contributed by atoms with van der Waals surface area (Å²) in [5, 5.41) is 3.52. The highest BCUT2D eigenvalue weighted by Crippen LogP contribution is 2.15. The first-order valence-corrected chi connectivity index (χ1v) is 5.17. The maximum Gasteiger partial charge on any atom is 0.0975 e. The largest absolute Gasteiger partial charge is 0.359 e. The van der Waals surface area contributed by atoms with Gasteiger partial charge in [-0.25, -0.2) is 0 Å². The minimum Gasteiger partial charge on any atom is -0.359 e. The molecule has 1 unspecified atom stereocenters. The van der Waals surface area contributed by atoms with Crippen molar-refractivity contribution in [1.82, 2.24) is 15.1 Å². The van der Waals surface area contributed by atoms with Crippen LogP contribution in [0.4, 0.5) is 0 Å². The van der Waals surface area contributed by atoms with Gasteiger partial charge in [0.05, 0.1) is 6.17 Å². The Labute approximate surface area is 80.4 Å². The second-order valence-corrected chi connectivity index (χ2v) is 4.09. The highest BCUT2D eigenvalue weighted by atomic mass is 15.4. The molecule has 3 nitrogen and oxygen atoms in total. The molecule has 2 heterocycles. The van der Waals surface area contributed by atoms with E-state index in [4.69, 9.17) is 0 Å². The standard InChI is InChI=1S/C10H19N3/c1-9-12(2)6-7-13(9)8-10-4-3-5-11-10/h6-7,9-11H,3-5,8H2,1-2H3/t9?,10-/m0/s1. The molecule has 0 amide bonds. The van der Waals surface area contributed by atoms with Crippen molar-refractivity contribution in [2.75, 3.05) is 20.1 Å². The van der Waals surface area contributed by atoms with E-state index in [9.17, 15) is 0 Å². The van der Waals surface area contributed by atoms with Crippen molar-refractivity contribution in [1.29, 1.82) is 0 Å². The van der Waals surface area contributed by atoms with Crippen molar-refractivity contribution in [3.8, 4) is 0 Å². The summed E-state index contributed by atoms with van der Waals surface area (Å²) in [6.45, 7) is 4.60. The normalized spacial score (nSPS) is 33.4. The van der Waals surface area contributed by atoms with Crippen LogP contribution in [0.15, 0.2) is 12.4 Å². The molecule has 2 aliphatic rings. The highest BCUT2D eigenvalue weighted by Gasteiger charge is 2.23. The Hall–Kier alpha value is -0.700. The van der Waals surface area contributed by atoms with Crippen LogP contribution in [0.3, 0.4) is 0 Å². The molecule has 1 fully saturated rings. The predicted molar refractivity (Wildman–Crippen MR) is 54.1 cm³/mol. The molecule has 0 aromatic carbocycles. The molecule has 2 rings (SSSR count). The smallest absolute Gasteiger partial charge is 0.0975 e. The fraction of sp³-hybridized carbons (Fsp3) is 0.800. The number of nitrogens with zero attached hydrogens (tertiary/aromatic N) is 2. The van der Waals surface area contributed by atoms with Crippen LogP contribution in [0.1, 0.15) is 19.8 Å². The van der Waals surface area contributed by atoms with Gasteiger partial charge in [-0.2, -0.15) is 0 Å². The summed E-state index contributed by atoms with van der Waals surface area (Å²) < 4.78 is 0. The summed E-state index contributed by atoms with van der Waals surface area (Å²) in [4.78, 5) is 4.65. The fourth-order valence-electron chi connectivity index (χ4n) is 2.05. The van der Waals surface area contributed by atoms with Crippen molar-refractivity contribution in [2.45, 2.75) is 32.0 Å². The first-order valence-electron chi connectivity index (χ1n) is 5.17. The SMILES string of the molecule is CC1N(C)C=CN1C[C@@H]1CCCN1. The van der Waals surface area contributed by atoms with Crippen LogP contribution < -0.4 is 5.32 Å². The van der Waals surface area contributed by atoms with Gasteiger partial charge >= 0.3 is 0 Å². The van der Waals surface area contributed by atoms with Gasteiger partial charge < -0.3 is 15.1 Å². The molecule has 74 valence electrons. The van der Waals surface area contributed by atoms with Gasteiger partial charge in [-0.05, 0) is 26.3 Å². The Kier molecular flexibility index (Phi) is 2.44. The van der Waals surface area contributed by atoms with Crippen molar-refractivity contribution in [3.63, 3.8) is 0 Å². The van der Waals surface area contributed by atoms with Crippen molar-refractivity contribution < 1.29 is 0 Å². The van der Waals surface area contributed by atoms with Gasteiger partial charge in [-0.3, -0.25) is 0 Å². The number of hydrogen-bond donors (Lipinski definition) is 1. The molecular formula is C10H19N3. The van der Waals surface area contributed by atoms with Crippen LogP contribution in [0.25, 0.3) is 0 Å². The quantitative estimate of drug-likeness (QED) is 0.680. The molecule has 1 saturated heterocycles. The number of rotatable bonds is 2. The maximum atomic E-state index is 3.52. The van der Waals surface area contributed by atoms with Gasteiger partial charge in [0.1, 0.15) is 0 Å². The molecule has 0 saturated carbocycles. The first-order chi connectivity index (χ1) is 6.27. The zero-order valence-electron chi connectivity index (χ0n) is 8.53. The van der Waals surface area contributed by atoms with E-state index in [1.807, 2.05) is 0 Å². The lowest BCUT2D eigenvalue weighted by molar-refractivity contribution is 0.183. The van der Waals surface area contributed by atoms with E-state index in [0.717, 1.165) is 6.54 Å². The van der Waals surface area contributed by atoms with Gasteiger partial charge in [0.2, 0.25) is 0 Å². The zero-order valence-corrected chi connectivity index (χ0v) is 8.53. The summed E-state index contributed by atoms with van der Waals surface area (Å²) >= 11 is 0. The maximum absolute atomic E-state index is 3.52. The number of nitrogens with one attached hydrogen (secondary N) is 1. The third-order valence-corrected chi connectivity index (χ3v) is 3.16. The van der Waals surface area contributed by atoms with Gasteiger partial charge in [0.25, 0.3) is 0 Å². The Morgan fingerprint density at radius 2 is 2.31 bits per heavy atom. The van der Waals surface area contributed by atoms with Gasteiger partial charge in [-0.1, -0.05) is 0 Å². The predicted octanol–water partition coefficient (Wildman–Crippen LogP) is 0.803. The Balaban J connectivity index is 1.84. The number of hydrogen-bond acceptors (Lipinski definition) is 3. The molecule has 0 aromatic heterocycles. The Morgan fingerprint density at radius 3 is 2.85 bits per heavy atom. The second-order valence-electron chi connectivity index (χ2n) is 4.09. The molecule has 0 aromatic rings. The van der Waals surface area contributed by atoms with Crippen molar-refractivity contribution >= 4 is 0 Å². The van der Waals surface area contributed by atoms with E-state index in [1.165, 1.54) is 19.4 Å². The Bertz CT molecular complexity index is 196. The third kappa shape index (κ3) is 1.80. The van der Waals surface area contributed by atoms with Crippen molar-refractivity contribution in [2.24, 2.45) is 0 Å². The molecule has 3 heteroatoms. The molecule has 0 radical (unpaired) electrons. The van der Waals surface area contributed by atoms with E-state index >= 15 is 0 Å². The van der Waals surface area contributed by atoms with E-state index < -0.39 is 0 Å². The molecule has 13 heavy (non-hydrogen) atoms. The topological polar surface area (TPSA) is 18.5 Å². The van der Waals surface area contributed by atoms with Crippen LogP contribution in [-0.2, 0) is 0 Å². The van der Waals surface area contributed by atoms with Crippen LogP contribution in [0, 0.1) is 0 Å². The van der Waals surface area contributed by atoms with E-state index in [-0.39, 0.29) is 0 Å². The van der Waals surface area contributed by atoms with E-state index in [0.29, 0.717) is 12.2 Å². The van der Waals surface area contributed by atoms with Gasteiger partial charge in [0, 0.05) is 32.0 Å². The highest BCUT2D eigenvalue weighted by molar-refractivity contribution is 4.95. The summed E-state index contributed by atoms with van der Waals surface area (Å²) in [7, 11) is 2.13. The lowest BCUT2D eigenvalue weighted by Crippen LogP contribution is -2.41. The fourth-order valence-corrected chi connectivity index (χ4v) is 2.05. The van der Waals surface area contributed by atoms with Crippen LogP contribution in [0.2, 0.25) is 0 Å². The Morgan fingerprint density at radius 1 is 1.46 bits per heavy atom. The molecule has 0 aliphatic carbocycles. The molecule has 2 atom stereocenters. The van der Waals surface area contributed by atoms with Gasteiger partial charge in [-0.15, -0.1) is 0 Å². The molecule has 2 aliphatic heterocycles. The lowest BCUT2D eigenvalue weighted by Gasteiger charge is -2.29. The minimum atomic E-state index is 0.530. The first kappa shape index (κ1) is 8.88. The average molecular weight is 181 g/mol.